The van der Waals surface area contributed by atoms with Crippen molar-refractivity contribution in [2.75, 3.05) is 53.4 Å². The van der Waals surface area contributed by atoms with Crippen molar-refractivity contribution in [3.8, 4) is 0 Å². The van der Waals surface area contributed by atoms with Crippen LogP contribution in [0.2, 0.25) is 0 Å². The van der Waals surface area contributed by atoms with E-state index in [0.717, 1.165) is 25.6 Å². The van der Waals surface area contributed by atoms with Gasteiger partial charge in [-0.15, -0.1) is 24.0 Å². The largest absolute Gasteiger partial charge is 0.356 e. The topological polar surface area (TPSA) is 42.9 Å². The van der Waals surface area contributed by atoms with Crippen LogP contribution in [-0.2, 0) is 0 Å². The molecule has 0 bridgehead atoms. The highest BCUT2D eigenvalue weighted by Crippen LogP contribution is 2.09. The van der Waals surface area contributed by atoms with Crippen molar-refractivity contribution < 1.29 is 0 Å². The van der Waals surface area contributed by atoms with E-state index >= 15 is 0 Å². The molecule has 1 fully saturated rings. The molecule has 1 heterocycles. The highest BCUT2D eigenvalue weighted by atomic mass is 127. The zero-order valence-corrected chi connectivity index (χ0v) is 17.9. The van der Waals surface area contributed by atoms with Crippen LogP contribution in [0.15, 0.2) is 4.99 Å². The monoisotopic (exact) mass is 439 g/mol. The van der Waals surface area contributed by atoms with E-state index in [9.17, 15) is 0 Å². The number of rotatable bonds is 8. The molecule has 0 radical (unpaired) electrons. The first kappa shape index (κ1) is 22.9. The zero-order chi connectivity index (χ0) is 16.2. The molecule has 1 aliphatic heterocycles. The molecular formula is C17H38IN5. The first-order valence-electron chi connectivity index (χ1n) is 9.00. The fraction of sp³-hybridized carbons (Fsp3) is 0.941. The molecule has 6 heteroatoms. The summed E-state index contributed by atoms with van der Waals surface area (Å²) in [6.45, 7) is 11.2. The van der Waals surface area contributed by atoms with Crippen LogP contribution in [-0.4, -0.2) is 75.2 Å². The maximum absolute atomic E-state index is 4.29. The van der Waals surface area contributed by atoms with E-state index in [0.29, 0.717) is 6.04 Å². The van der Waals surface area contributed by atoms with Gasteiger partial charge in [-0.2, -0.15) is 0 Å². The van der Waals surface area contributed by atoms with Gasteiger partial charge < -0.3 is 20.4 Å². The molecule has 0 aromatic rings. The van der Waals surface area contributed by atoms with Crippen LogP contribution in [0.3, 0.4) is 0 Å². The lowest BCUT2D eigenvalue weighted by atomic mass is 10.2. The molecule has 5 nitrogen and oxygen atoms in total. The van der Waals surface area contributed by atoms with Gasteiger partial charge in [-0.25, -0.2) is 0 Å². The Balaban J connectivity index is 0.00000484. The van der Waals surface area contributed by atoms with E-state index in [1.165, 1.54) is 51.7 Å². The maximum Gasteiger partial charge on any atom is 0.191 e. The van der Waals surface area contributed by atoms with Crippen molar-refractivity contribution in [3.05, 3.63) is 0 Å². The lowest BCUT2D eigenvalue weighted by Crippen LogP contribution is -2.42. The summed E-state index contributed by atoms with van der Waals surface area (Å²) in [5.74, 6) is 0.924. The van der Waals surface area contributed by atoms with Gasteiger partial charge in [-0.1, -0.05) is 12.8 Å². The summed E-state index contributed by atoms with van der Waals surface area (Å²) < 4.78 is 0. The van der Waals surface area contributed by atoms with Crippen LogP contribution in [0.25, 0.3) is 0 Å². The number of hydrogen-bond acceptors (Lipinski definition) is 3. The van der Waals surface area contributed by atoms with Gasteiger partial charge in [0.25, 0.3) is 0 Å². The van der Waals surface area contributed by atoms with Gasteiger partial charge in [0.05, 0.1) is 0 Å². The molecule has 0 aliphatic carbocycles. The Morgan fingerprint density at radius 1 is 1.09 bits per heavy atom. The van der Waals surface area contributed by atoms with Crippen molar-refractivity contribution in [2.45, 2.75) is 52.0 Å². The number of guanidine groups is 1. The summed E-state index contributed by atoms with van der Waals surface area (Å²) in [6, 6.07) is 0.588. The average Bonchev–Trinajstić information content (AvgIpc) is 2.78. The Kier molecular flexibility index (Phi) is 14.2. The number of nitrogens with zero attached hydrogens (tertiary/aromatic N) is 3. The second-order valence-electron chi connectivity index (χ2n) is 6.61. The van der Waals surface area contributed by atoms with E-state index in [1.807, 2.05) is 7.05 Å². The fourth-order valence-corrected chi connectivity index (χ4v) is 2.70. The minimum atomic E-state index is 0. The lowest BCUT2D eigenvalue weighted by molar-refractivity contribution is 0.277. The highest BCUT2D eigenvalue weighted by Gasteiger charge is 2.08. The summed E-state index contributed by atoms with van der Waals surface area (Å²) in [5, 5.41) is 6.81. The van der Waals surface area contributed by atoms with Crippen LogP contribution in [0.4, 0.5) is 0 Å². The summed E-state index contributed by atoms with van der Waals surface area (Å²) in [6.07, 6.45) is 6.76. The minimum absolute atomic E-state index is 0. The number of halogens is 1. The molecule has 1 rings (SSSR count). The van der Waals surface area contributed by atoms with E-state index in [2.05, 4.69) is 46.3 Å². The van der Waals surface area contributed by atoms with Crippen molar-refractivity contribution >= 4 is 29.9 Å². The van der Waals surface area contributed by atoms with Crippen LogP contribution in [0.5, 0.6) is 0 Å². The van der Waals surface area contributed by atoms with E-state index in [4.69, 9.17) is 0 Å². The summed E-state index contributed by atoms with van der Waals surface area (Å²) in [4.78, 5) is 9.24. The first-order chi connectivity index (χ1) is 10.6. The van der Waals surface area contributed by atoms with Crippen molar-refractivity contribution in [1.82, 2.24) is 20.4 Å². The summed E-state index contributed by atoms with van der Waals surface area (Å²) >= 11 is 0. The average molecular weight is 439 g/mol. The van der Waals surface area contributed by atoms with Gasteiger partial charge in [0, 0.05) is 32.7 Å². The Morgan fingerprint density at radius 3 is 2.26 bits per heavy atom. The van der Waals surface area contributed by atoms with Gasteiger partial charge in [0.15, 0.2) is 5.96 Å². The number of likely N-dealkylation sites (tertiary alicyclic amines) is 1. The first-order valence-corrected chi connectivity index (χ1v) is 9.00. The fourth-order valence-electron chi connectivity index (χ4n) is 2.70. The summed E-state index contributed by atoms with van der Waals surface area (Å²) in [7, 11) is 4.00. The normalized spacial score (nSPS) is 17.0. The third-order valence-electron chi connectivity index (χ3n) is 4.50. The third kappa shape index (κ3) is 11.2. The van der Waals surface area contributed by atoms with Gasteiger partial charge in [-0.3, -0.25) is 4.99 Å². The van der Waals surface area contributed by atoms with Crippen molar-refractivity contribution in [2.24, 2.45) is 4.99 Å². The zero-order valence-electron chi connectivity index (χ0n) is 15.6. The van der Waals surface area contributed by atoms with E-state index < -0.39 is 0 Å². The molecule has 2 N–H and O–H groups in total. The molecule has 1 saturated heterocycles. The molecular weight excluding hydrogens is 401 g/mol. The molecule has 0 aromatic heterocycles. The Labute approximate surface area is 160 Å². The van der Waals surface area contributed by atoms with Gasteiger partial charge in [-0.05, 0) is 59.8 Å². The number of hydrogen-bond donors (Lipinski definition) is 2. The quantitative estimate of drug-likeness (QED) is 0.264. The Bertz CT molecular complexity index is 301. The van der Waals surface area contributed by atoms with Crippen molar-refractivity contribution in [3.63, 3.8) is 0 Å². The van der Waals surface area contributed by atoms with Crippen LogP contribution in [0.1, 0.15) is 46.0 Å². The second-order valence-corrected chi connectivity index (χ2v) is 6.61. The number of aliphatic imine (C=N–C) groups is 1. The van der Waals surface area contributed by atoms with Crippen LogP contribution >= 0.6 is 24.0 Å². The molecule has 0 spiro atoms. The molecule has 23 heavy (non-hydrogen) atoms. The smallest absolute Gasteiger partial charge is 0.191 e. The Hall–Kier alpha value is -0.0800. The van der Waals surface area contributed by atoms with Gasteiger partial charge in [0.2, 0.25) is 0 Å². The van der Waals surface area contributed by atoms with E-state index in [1.54, 1.807) is 0 Å². The molecule has 0 amide bonds. The van der Waals surface area contributed by atoms with Crippen LogP contribution in [0, 0.1) is 0 Å². The third-order valence-corrected chi connectivity index (χ3v) is 4.50. The number of likely N-dealkylation sites (N-methyl/N-ethyl adjacent to an activating group) is 1. The van der Waals surface area contributed by atoms with Crippen molar-refractivity contribution in [1.29, 1.82) is 0 Å². The maximum atomic E-state index is 4.29. The predicted molar refractivity (Wildman–Crippen MR) is 112 cm³/mol. The summed E-state index contributed by atoms with van der Waals surface area (Å²) in [5.41, 5.74) is 0. The molecule has 0 atom stereocenters. The molecule has 1 aliphatic rings. The minimum Gasteiger partial charge on any atom is -0.356 e. The number of nitrogens with one attached hydrogen (secondary N) is 2. The molecule has 0 unspecified atom stereocenters. The molecule has 0 saturated carbocycles. The Morgan fingerprint density at radius 2 is 1.70 bits per heavy atom. The SMILES string of the molecule is CN=C(NCCCN1CCCCCC1)NCCN(C)C(C)C.I. The highest BCUT2D eigenvalue weighted by molar-refractivity contribution is 14.0. The molecule has 0 aromatic carbocycles. The molecule has 138 valence electrons. The van der Waals surface area contributed by atoms with Gasteiger partial charge in [0.1, 0.15) is 0 Å². The second kappa shape index (κ2) is 14.3. The van der Waals surface area contributed by atoms with E-state index in [-0.39, 0.29) is 24.0 Å². The standard InChI is InChI=1S/C17H37N5.HI/c1-16(2)21(4)15-11-20-17(18-3)19-10-9-14-22-12-7-5-6-8-13-22;/h16H,5-15H2,1-4H3,(H2,18,19,20);1H. The van der Waals surface area contributed by atoms with Crippen LogP contribution < -0.4 is 10.6 Å². The predicted octanol–water partition coefficient (Wildman–Crippen LogP) is 2.38. The lowest BCUT2D eigenvalue weighted by Gasteiger charge is -2.22. The van der Waals surface area contributed by atoms with Gasteiger partial charge >= 0.3 is 0 Å².